The van der Waals surface area contributed by atoms with Crippen LogP contribution in [0.1, 0.15) is 21.5 Å². The molecule has 2 aromatic carbocycles. The van der Waals surface area contributed by atoms with E-state index in [-0.39, 0.29) is 35.0 Å². The largest absolute Gasteiger partial charge is 0.486 e. The van der Waals surface area contributed by atoms with Crippen LogP contribution in [0.2, 0.25) is 0 Å². The van der Waals surface area contributed by atoms with Gasteiger partial charge < -0.3 is 15.0 Å². The van der Waals surface area contributed by atoms with Crippen molar-refractivity contribution >= 4 is 11.6 Å². The Balaban J connectivity index is 1.54. The van der Waals surface area contributed by atoms with E-state index in [1.807, 2.05) is 0 Å². The maximum absolute atomic E-state index is 14.1. The number of carbonyl (C=O) groups is 1. The lowest BCUT2D eigenvalue weighted by molar-refractivity contribution is -0.137. The first-order valence-electron chi connectivity index (χ1n) is 9.65. The van der Waals surface area contributed by atoms with E-state index in [0.29, 0.717) is 5.56 Å². The number of ether oxygens (including phenoxy) is 1. The van der Waals surface area contributed by atoms with Crippen molar-refractivity contribution in [2.45, 2.75) is 12.8 Å². The lowest BCUT2D eigenvalue weighted by Crippen LogP contribution is -2.14. The van der Waals surface area contributed by atoms with Crippen LogP contribution in [-0.4, -0.2) is 20.9 Å². The van der Waals surface area contributed by atoms with Gasteiger partial charge in [-0.15, -0.1) is 0 Å². The summed E-state index contributed by atoms with van der Waals surface area (Å²) in [5.41, 5.74) is -0.484. The third kappa shape index (κ3) is 5.17. The lowest BCUT2D eigenvalue weighted by Gasteiger charge is -2.14. The van der Waals surface area contributed by atoms with Gasteiger partial charge in [0.25, 0.3) is 5.91 Å². The van der Waals surface area contributed by atoms with Gasteiger partial charge in [-0.25, -0.2) is 9.37 Å². The molecule has 0 aliphatic rings. The Labute approximate surface area is 185 Å². The van der Waals surface area contributed by atoms with Crippen molar-refractivity contribution in [3.8, 4) is 17.1 Å². The van der Waals surface area contributed by atoms with Crippen molar-refractivity contribution in [1.82, 2.24) is 15.0 Å². The number of hydrogen-bond acceptors (Lipinski definition) is 4. The summed E-state index contributed by atoms with van der Waals surface area (Å²) in [5.74, 6) is -1.53. The number of nitrogens with zero attached hydrogens (tertiary/aromatic N) is 2. The maximum Gasteiger partial charge on any atom is 0.417 e. The van der Waals surface area contributed by atoms with Gasteiger partial charge in [0.1, 0.15) is 12.4 Å². The molecule has 0 aliphatic heterocycles. The van der Waals surface area contributed by atoms with Gasteiger partial charge in [0.15, 0.2) is 11.6 Å². The van der Waals surface area contributed by atoms with Crippen LogP contribution in [0.4, 0.5) is 23.2 Å². The first-order valence-corrected chi connectivity index (χ1v) is 9.65. The molecule has 168 valence electrons. The van der Waals surface area contributed by atoms with Crippen molar-refractivity contribution < 1.29 is 27.1 Å². The molecule has 0 bridgehead atoms. The minimum Gasteiger partial charge on any atom is -0.486 e. The number of H-pyrrole nitrogens is 1. The molecule has 0 spiro atoms. The molecule has 6 nitrogen and oxygen atoms in total. The molecule has 10 heteroatoms. The first kappa shape index (κ1) is 22.0. The van der Waals surface area contributed by atoms with Crippen LogP contribution >= 0.6 is 0 Å². The highest BCUT2D eigenvalue weighted by Crippen LogP contribution is 2.37. The third-order valence-corrected chi connectivity index (χ3v) is 4.65. The molecule has 0 fully saturated rings. The van der Waals surface area contributed by atoms with Gasteiger partial charge in [-0.05, 0) is 42.5 Å². The number of halogens is 4. The number of rotatable bonds is 6. The molecular formula is C23H16F4N4O2. The average molecular weight is 456 g/mol. The number of amides is 1. The Morgan fingerprint density at radius 1 is 1.09 bits per heavy atom. The first-order chi connectivity index (χ1) is 15.8. The molecule has 4 rings (SSSR count). The molecule has 0 radical (unpaired) electrons. The fourth-order valence-corrected chi connectivity index (χ4v) is 3.08. The number of benzene rings is 2. The van der Waals surface area contributed by atoms with Crippen LogP contribution in [0, 0.1) is 5.82 Å². The average Bonchev–Trinajstić information content (AvgIpc) is 3.33. The van der Waals surface area contributed by atoms with Crippen LogP contribution in [0.5, 0.6) is 5.75 Å². The second-order valence-electron chi connectivity index (χ2n) is 6.95. The normalized spacial score (nSPS) is 11.3. The highest BCUT2D eigenvalue weighted by Gasteiger charge is 2.34. The number of anilines is 1. The fourth-order valence-electron chi connectivity index (χ4n) is 3.08. The van der Waals surface area contributed by atoms with Crippen LogP contribution in [0.15, 0.2) is 73.3 Å². The van der Waals surface area contributed by atoms with E-state index in [4.69, 9.17) is 4.74 Å². The quantitative estimate of drug-likeness (QED) is 0.378. The molecule has 0 atom stereocenters. The van der Waals surface area contributed by atoms with E-state index in [1.54, 1.807) is 24.5 Å². The van der Waals surface area contributed by atoms with Crippen LogP contribution in [-0.2, 0) is 12.8 Å². The second kappa shape index (κ2) is 9.11. The SMILES string of the molecule is O=C(Nc1ccc(-c2ncc[nH]2)c(C(F)(F)F)c1)c1ccc(F)c(OCc2cccnc2)c1. The Morgan fingerprint density at radius 3 is 2.64 bits per heavy atom. The topological polar surface area (TPSA) is 79.9 Å². The van der Waals surface area contributed by atoms with Crippen LogP contribution in [0.25, 0.3) is 11.4 Å². The predicted octanol–water partition coefficient (Wildman–Crippen LogP) is 5.46. The zero-order chi connectivity index (χ0) is 23.4. The van der Waals surface area contributed by atoms with Crippen molar-refractivity contribution in [1.29, 1.82) is 0 Å². The van der Waals surface area contributed by atoms with Crippen molar-refractivity contribution in [2.24, 2.45) is 0 Å². The van der Waals surface area contributed by atoms with Gasteiger partial charge in [0, 0.05) is 47.2 Å². The van der Waals surface area contributed by atoms with Gasteiger partial charge in [-0.3, -0.25) is 9.78 Å². The van der Waals surface area contributed by atoms with Gasteiger partial charge >= 0.3 is 6.18 Å². The van der Waals surface area contributed by atoms with E-state index in [0.717, 1.165) is 12.1 Å². The van der Waals surface area contributed by atoms with Gasteiger partial charge in [-0.2, -0.15) is 13.2 Å². The van der Waals surface area contributed by atoms with Crippen molar-refractivity contribution in [3.63, 3.8) is 0 Å². The summed E-state index contributed by atoms with van der Waals surface area (Å²) < 4.78 is 60.3. The highest BCUT2D eigenvalue weighted by atomic mass is 19.4. The summed E-state index contributed by atoms with van der Waals surface area (Å²) in [5, 5.41) is 2.41. The number of aromatic amines is 1. The molecule has 0 unspecified atom stereocenters. The van der Waals surface area contributed by atoms with Crippen molar-refractivity contribution in [3.05, 3.63) is 95.8 Å². The smallest absolute Gasteiger partial charge is 0.417 e. The molecule has 2 N–H and O–H groups in total. The summed E-state index contributed by atoms with van der Waals surface area (Å²) in [6.07, 6.45) is 1.22. The Bertz CT molecular complexity index is 1260. The number of pyridine rings is 1. The Hall–Kier alpha value is -4.21. The molecule has 1 amide bonds. The standard InChI is InChI=1S/C23H16F4N4O2/c24-19-6-3-15(10-20(19)33-13-14-2-1-7-28-12-14)22(32)31-16-4-5-17(21-29-8-9-30-21)18(11-16)23(25,26)27/h1-12H,13H2,(H,29,30)(H,31,32). The molecule has 0 saturated carbocycles. The number of imidazole rings is 1. The summed E-state index contributed by atoms with van der Waals surface area (Å²) in [7, 11) is 0. The number of hydrogen-bond donors (Lipinski definition) is 2. The number of aromatic nitrogens is 3. The summed E-state index contributed by atoms with van der Waals surface area (Å²) in [4.78, 5) is 23.1. The minimum atomic E-state index is -4.67. The predicted molar refractivity (Wildman–Crippen MR) is 112 cm³/mol. The third-order valence-electron chi connectivity index (χ3n) is 4.65. The van der Waals surface area contributed by atoms with E-state index >= 15 is 0 Å². The lowest BCUT2D eigenvalue weighted by atomic mass is 10.0. The molecule has 2 heterocycles. The highest BCUT2D eigenvalue weighted by molar-refractivity contribution is 6.04. The Kier molecular flexibility index (Phi) is 6.07. The van der Waals surface area contributed by atoms with Crippen LogP contribution < -0.4 is 10.1 Å². The summed E-state index contributed by atoms with van der Waals surface area (Å²) in [6.45, 7) is 0.0268. The van der Waals surface area contributed by atoms with E-state index < -0.39 is 23.5 Å². The van der Waals surface area contributed by atoms with Crippen molar-refractivity contribution in [2.75, 3.05) is 5.32 Å². The molecule has 0 aliphatic carbocycles. The summed E-state index contributed by atoms with van der Waals surface area (Å²) in [6, 6.07) is 10.2. The van der Waals surface area contributed by atoms with E-state index in [9.17, 15) is 22.4 Å². The fraction of sp³-hybridized carbons (Fsp3) is 0.0870. The molecule has 0 saturated heterocycles. The number of carbonyl (C=O) groups excluding carboxylic acids is 1. The maximum atomic E-state index is 14.1. The van der Waals surface area contributed by atoms with E-state index in [1.165, 1.54) is 36.7 Å². The van der Waals surface area contributed by atoms with Gasteiger partial charge in [0.05, 0.1) is 5.56 Å². The summed E-state index contributed by atoms with van der Waals surface area (Å²) >= 11 is 0. The number of alkyl halides is 3. The van der Waals surface area contributed by atoms with Crippen LogP contribution in [0.3, 0.4) is 0 Å². The van der Waals surface area contributed by atoms with Gasteiger partial charge in [-0.1, -0.05) is 6.07 Å². The second-order valence-corrected chi connectivity index (χ2v) is 6.95. The number of nitrogens with one attached hydrogen (secondary N) is 2. The Morgan fingerprint density at radius 2 is 1.94 bits per heavy atom. The van der Waals surface area contributed by atoms with E-state index in [2.05, 4.69) is 20.3 Å². The zero-order valence-corrected chi connectivity index (χ0v) is 16.9. The zero-order valence-electron chi connectivity index (χ0n) is 16.9. The molecule has 2 aromatic heterocycles. The molecule has 33 heavy (non-hydrogen) atoms. The molecular weight excluding hydrogens is 440 g/mol. The monoisotopic (exact) mass is 456 g/mol. The van der Waals surface area contributed by atoms with Gasteiger partial charge in [0.2, 0.25) is 0 Å². The minimum absolute atomic E-state index is 0.0151. The molecule has 4 aromatic rings.